The monoisotopic (exact) mass is 324 g/mol. The predicted molar refractivity (Wildman–Crippen MR) is 85.3 cm³/mol. The molecule has 0 bridgehead atoms. The minimum atomic E-state index is -0.428. The van der Waals surface area contributed by atoms with Crippen LogP contribution in [0.4, 0.5) is 9.18 Å². The third-order valence-corrected chi connectivity index (χ3v) is 4.78. The molecule has 1 atom stereocenters. The number of carbonyl (C=O) groups excluding carboxylic acids is 2. The average molecular weight is 324 g/mol. The summed E-state index contributed by atoms with van der Waals surface area (Å²) < 4.78 is 12.8. The summed E-state index contributed by atoms with van der Waals surface area (Å²) in [4.78, 5) is 24.6. The number of imide groups is 1. The topological polar surface area (TPSA) is 58.2 Å². The van der Waals surface area contributed by atoms with Gasteiger partial charge in [0.15, 0.2) is 0 Å². The smallest absolute Gasteiger partial charge is 0.321 e. The summed E-state index contributed by atoms with van der Waals surface area (Å²) in [7, 11) is 0. The first-order valence-corrected chi connectivity index (χ1v) is 8.46. The Balaban J connectivity index is 1.77. The van der Waals surface area contributed by atoms with Gasteiger partial charge in [-0.2, -0.15) is 0 Å². The quantitative estimate of drug-likeness (QED) is 0.834. The van der Waals surface area contributed by atoms with Gasteiger partial charge >= 0.3 is 6.03 Å². The summed E-state index contributed by atoms with van der Waals surface area (Å²) in [5.41, 5.74) is 0. The van der Waals surface area contributed by atoms with E-state index in [4.69, 9.17) is 0 Å². The van der Waals surface area contributed by atoms with Crippen molar-refractivity contribution in [3.8, 4) is 0 Å². The fourth-order valence-electron chi connectivity index (χ4n) is 2.45. The van der Waals surface area contributed by atoms with E-state index in [-0.39, 0.29) is 17.8 Å². The van der Waals surface area contributed by atoms with Gasteiger partial charge in [0, 0.05) is 10.9 Å². The largest absolute Gasteiger partial charge is 0.335 e. The number of thioether (sulfide) groups is 1. The van der Waals surface area contributed by atoms with Crippen molar-refractivity contribution in [2.45, 2.75) is 55.2 Å². The number of halogens is 1. The molecule has 4 nitrogen and oxygen atoms in total. The fourth-order valence-corrected chi connectivity index (χ4v) is 3.32. The van der Waals surface area contributed by atoms with E-state index in [1.54, 1.807) is 19.1 Å². The van der Waals surface area contributed by atoms with Gasteiger partial charge in [0.25, 0.3) is 0 Å². The van der Waals surface area contributed by atoms with Crippen LogP contribution in [-0.2, 0) is 4.79 Å². The van der Waals surface area contributed by atoms with Gasteiger partial charge in [-0.3, -0.25) is 10.1 Å². The standard InChI is InChI=1S/C16H21FN2O2S/c1-11(22-14-9-7-12(17)8-10-14)15(20)19-16(21)18-13-5-3-2-4-6-13/h7-11,13H,2-6H2,1H3,(H2,18,19,20,21). The molecule has 0 aliphatic heterocycles. The molecule has 0 aromatic heterocycles. The number of urea groups is 1. The van der Waals surface area contributed by atoms with Crippen LogP contribution >= 0.6 is 11.8 Å². The van der Waals surface area contributed by atoms with Gasteiger partial charge in [-0.25, -0.2) is 9.18 Å². The summed E-state index contributed by atoms with van der Waals surface area (Å²) in [5, 5.41) is 4.79. The van der Waals surface area contributed by atoms with Crippen LogP contribution in [0.2, 0.25) is 0 Å². The number of carbonyl (C=O) groups is 2. The Labute approximate surface area is 134 Å². The third kappa shape index (κ3) is 5.33. The molecule has 0 saturated heterocycles. The first-order valence-electron chi connectivity index (χ1n) is 7.58. The molecular formula is C16H21FN2O2S. The van der Waals surface area contributed by atoms with Crippen molar-refractivity contribution in [3.63, 3.8) is 0 Å². The van der Waals surface area contributed by atoms with Crippen LogP contribution in [0.3, 0.4) is 0 Å². The van der Waals surface area contributed by atoms with Crippen LogP contribution < -0.4 is 10.6 Å². The predicted octanol–water partition coefficient (Wildman–Crippen LogP) is 3.46. The SMILES string of the molecule is CC(Sc1ccc(F)cc1)C(=O)NC(=O)NC1CCCCC1. The zero-order chi connectivity index (χ0) is 15.9. The minimum Gasteiger partial charge on any atom is -0.335 e. The van der Waals surface area contributed by atoms with E-state index in [1.165, 1.54) is 30.3 Å². The van der Waals surface area contributed by atoms with Gasteiger partial charge in [-0.15, -0.1) is 11.8 Å². The zero-order valence-electron chi connectivity index (χ0n) is 12.6. The first kappa shape index (κ1) is 16.8. The number of hydrogen-bond acceptors (Lipinski definition) is 3. The highest BCUT2D eigenvalue weighted by atomic mass is 32.2. The second-order valence-corrected chi connectivity index (χ2v) is 6.93. The normalized spacial score (nSPS) is 16.8. The molecule has 2 rings (SSSR count). The molecule has 1 aliphatic rings. The average Bonchev–Trinajstić information content (AvgIpc) is 2.50. The highest BCUT2D eigenvalue weighted by Gasteiger charge is 2.20. The van der Waals surface area contributed by atoms with Crippen LogP contribution in [0.25, 0.3) is 0 Å². The van der Waals surface area contributed by atoms with Gasteiger partial charge in [0.05, 0.1) is 5.25 Å². The van der Waals surface area contributed by atoms with Crippen molar-refractivity contribution in [3.05, 3.63) is 30.1 Å². The molecule has 0 heterocycles. The molecule has 1 aromatic carbocycles. The molecule has 1 aliphatic carbocycles. The number of rotatable bonds is 4. The van der Waals surface area contributed by atoms with Crippen molar-refractivity contribution >= 4 is 23.7 Å². The summed E-state index contributed by atoms with van der Waals surface area (Å²) in [6, 6.07) is 5.67. The minimum absolute atomic E-state index is 0.168. The zero-order valence-corrected chi connectivity index (χ0v) is 13.4. The maximum atomic E-state index is 12.8. The Morgan fingerprint density at radius 1 is 1.18 bits per heavy atom. The third-order valence-electron chi connectivity index (χ3n) is 3.67. The molecule has 3 amide bonds. The number of hydrogen-bond donors (Lipinski definition) is 2. The first-order chi connectivity index (χ1) is 10.5. The van der Waals surface area contributed by atoms with E-state index in [2.05, 4.69) is 10.6 Å². The van der Waals surface area contributed by atoms with Crippen molar-refractivity contribution in [2.24, 2.45) is 0 Å². The summed E-state index contributed by atoms with van der Waals surface area (Å²) in [5.74, 6) is -0.657. The molecule has 1 aromatic rings. The Hall–Kier alpha value is -1.56. The molecule has 0 spiro atoms. The Morgan fingerprint density at radius 2 is 1.82 bits per heavy atom. The summed E-state index contributed by atoms with van der Waals surface area (Å²) >= 11 is 1.29. The second-order valence-electron chi connectivity index (χ2n) is 5.51. The molecule has 120 valence electrons. The van der Waals surface area contributed by atoms with Gasteiger partial charge in [-0.05, 0) is 44.0 Å². The molecular weight excluding hydrogens is 303 g/mol. The molecule has 2 N–H and O–H groups in total. The van der Waals surface area contributed by atoms with E-state index in [1.807, 2.05) is 0 Å². The molecule has 0 radical (unpaired) electrons. The lowest BCUT2D eigenvalue weighted by atomic mass is 9.96. The van der Waals surface area contributed by atoms with E-state index in [0.717, 1.165) is 30.6 Å². The van der Waals surface area contributed by atoms with Crippen molar-refractivity contribution < 1.29 is 14.0 Å². The molecule has 1 unspecified atom stereocenters. The molecule has 6 heteroatoms. The summed E-state index contributed by atoms with van der Waals surface area (Å²) in [6.07, 6.45) is 5.40. The lowest BCUT2D eigenvalue weighted by Crippen LogP contribution is -2.47. The van der Waals surface area contributed by atoms with Gasteiger partial charge in [-0.1, -0.05) is 19.3 Å². The van der Waals surface area contributed by atoms with Crippen LogP contribution in [0.1, 0.15) is 39.0 Å². The van der Waals surface area contributed by atoms with Crippen LogP contribution in [0.15, 0.2) is 29.2 Å². The Bertz CT molecular complexity index is 515. The number of nitrogens with one attached hydrogen (secondary N) is 2. The van der Waals surface area contributed by atoms with Crippen LogP contribution in [0, 0.1) is 5.82 Å². The summed E-state index contributed by atoms with van der Waals surface area (Å²) in [6.45, 7) is 1.72. The van der Waals surface area contributed by atoms with E-state index < -0.39 is 11.3 Å². The maximum Gasteiger partial charge on any atom is 0.321 e. The van der Waals surface area contributed by atoms with Gasteiger partial charge < -0.3 is 5.32 Å². The Morgan fingerprint density at radius 3 is 2.45 bits per heavy atom. The highest BCUT2D eigenvalue weighted by Crippen LogP contribution is 2.23. The molecule has 1 saturated carbocycles. The van der Waals surface area contributed by atoms with Crippen LogP contribution in [0.5, 0.6) is 0 Å². The van der Waals surface area contributed by atoms with E-state index in [9.17, 15) is 14.0 Å². The maximum absolute atomic E-state index is 12.8. The van der Waals surface area contributed by atoms with Crippen LogP contribution in [-0.4, -0.2) is 23.2 Å². The fraction of sp³-hybridized carbons (Fsp3) is 0.500. The second kappa shape index (κ2) is 8.17. The number of benzene rings is 1. The molecule has 1 fully saturated rings. The lowest BCUT2D eigenvalue weighted by molar-refractivity contribution is -0.119. The van der Waals surface area contributed by atoms with Crippen molar-refractivity contribution in [1.29, 1.82) is 0 Å². The molecule has 22 heavy (non-hydrogen) atoms. The van der Waals surface area contributed by atoms with Crippen molar-refractivity contribution in [2.75, 3.05) is 0 Å². The van der Waals surface area contributed by atoms with E-state index in [0.29, 0.717) is 0 Å². The van der Waals surface area contributed by atoms with Crippen molar-refractivity contribution in [1.82, 2.24) is 10.6 Å². The Kier molecular flexibility index (Phi) is 6.24. The lowest BCUT2D eigenvalue weighted by Gasteiger charge is -2.23. The highest BCUT2D eigenvalue weighted by molar-refractivity contribution is 8.00. The number of amides is 3. The van der Waals surface area contributed by atoms with Gasteiger partial charge in [0.2, 0.25) is 5.91 Å². The van der Waals surface area contributed by atoms with Gasteiger partial charge in [0.1, 0.15) is 5.82 Å². The van der Waals surface area contributed by atoms with E-state index >= 15 is 0 Å².